The number of ether oxygens (including phenoxy) is 1. The summed E-state index contributed by atoms with van der Waals surface area (Å²) in [6.07, 6.45) is 1.06. The van der Waals surface area contributed by atoms with Gasteiger partial charge in [-0.15, -0.1) is 0 Å². The van der Waals surface area contributed by atoms with Gasteiger partial charge in [0.05, 0.1) is 10.5 Å². The van der Waals surface area contributed by atoms with Crippen molar-refractivity contribution in [3.8, 4) is 0 Å². The van der Waals surface area contributed by atoms with Crippen LogP contribution in [0.5, 0.6) is 0 Å². The number of aryl methyl sites for hydroxylation is 3. The molecule has 0 fully saturated rings. The summed E-state index contributed by atoms with van der Waals surface area (Å²) in [5.74, 6) is -1.03. The Hall–Kier alpha value is -2.47. The van der Waals surface area contributed by atoms with Crippen molar-refractivity contribution in [1.29, 1.82) is 0 Å². The van der Waals surface area contributed by atoms with Crippen LogP contribution >= 0.6 is 0 Å². The standard InChI is InChI=1S/C19H20O5S/c1-12-8-14(3)17(9-13(12)2)18(20)11-24-19(21)15-6-5-7-16(10-15)25(4,22)23/h5-10H,11H2,1-4H3. The molecule has 0 saturated heterocycles. The lowest BCUT2D eigenvalue weighted by atomic mass is 9.98. The summed E-state index contributed by atoms with van der Waals surface area (Å²) in [4.78, 5) is 24.4. The molecule has 132 valence electrons. The quantitative estimate of drug-likeness (QED) is 0.605. The average Bonchev–Trinajstić information content (AvgIpc) is 2.55. The van der Waals surface area contributed by atoms with Gasteiger partial charge in [0.1, 0.15) is 0 Å². The van der Waals surface area contributed by atoms with E-state index in [0.29, 0.717) is 5.56 Å². The van der Waals surface area contributed by atoms with Crippen LogP contribution in [0.3, 0.4) is 0 Å². The van der Waals surface area contributed by atoms with Crippen molar-refractivity contribution in [2.24, 2.45) is 0 Å². The van der Waals surface area contributed by atoms with Crippen LogP contribution in [0.4, 0.5) is 0 Å². The Morgan fingerprint density at radius 2 is 1.60 bits per heavy atom. The molecule has 2 rings (SSSR count). The third kappa shape index (κ3) is 4.54. The summed E-state index contributed by atoms with van der Waals surface area (Å²) < 4.78 is 28.2. The molecule has 0 bridgehead atoms. The fourth-order valence-corrected chi connectivity index (χ4v) is 3.07. The van der Waals surface area contributed by atoms with Crippen LogP contribution in [0, 0.1) is 20.8 Å². The second-order valence-electron chi connectivity index (χ2n) is 6.05. The summed E-state index contributed by atoms with van der Waals surface area (Å²) >= 11 is 0. The van der Waals surface area contributed by atoms with Gasteiger partial charge in [-0.25, -0.2) is 13.2 Å². The number of Topliss-reactive ketones (excluding diaryl/α,β-unsaturated/α-hetero) is 1. The fourth-order valence-electron chi connectivity index (χ4n) is 2.41. The van der Waals surface area contributed by atoms with Crippen LogP contribution < -0.4 is 0 Å². The fraction of sp³-hybridized carbons (Fsp3) is 0.263. The first-order chi connectivity index (χ1) is 11.6. The summed E-state index contributed by atoms with van der Waals surface area (Å²) in [6.45, 7) is 5.31. The van der Waals surface area contributed by atoms with Crippen LogP contribution in [0.25, 0.3) is 0 Å². The van der Waals surface area contributed by atoms with Crippen LogP contribution in [0.1, 0.15) is 37.4 Å². The molecule has 0 aromatic heterocycles. The molecule has 0 saturated carbocycles. The lowest BCUT2D eigenvalue weighted by Crippen LogP contribution is -2.16. The molecule has 0 radical (unpaired) electrons. The zero-order valence-electron chi connectivity index (χ0n) is 14.6. The number of esters is 1. The molecule has 0 atom stereocenters. The minimum atomic E-state index is -3.42. The predicted octanol–water partition coefficient (Wildman–Crippen LogP) is 3.06. The summed E-state index contributed by atoms with van der Waals surface area (Å²) in [6, 6.07) is 9.25. The summed E-state index contributed by atoms with van der Waals surface area (Å²) in [5.41, 5.74) is 3.50. The Morgan fingerprint density at radius 3 is 2.24 bits per heavy atom. The smallest absolute Gasteiger partial charge is 0.338 e. The van der Waals surface area contributed by atoms with E-state index in [1.165, 1.54) is 24.3 Å². The Kier molecular flexibility index (Phi) is 5.42. The minimum Gasteiger partial charge on any atom is -0.454 e. The van der Waals surface area contributed by atoms with Crippen molar-refractivity contribution < 1.29 is 22.7 Å². The van der Waals surface area contributed by atoms with Crippen molar-refractivity contribution in [2.75, 3.05) is 12.9 Å². The van der Waals surface area contributed by atoms with Crippen molar-refractivity contribution in [1.82, 2.24) is 0 Å². The maximum Gasteiger partial charge on any atom is 0.338 e. The average molecular weight is 360 g/mol. The third-order valence-corrected chi connectivity index (χ3v) is 5.08. The number of hydrogen-bond donors (Lipinski definition) is 0. The SMILES string of the molecule is Cc1cc(C)c(C(=O)COC(=O)c2cccc(S(C)(=O)=O)c2)cc1C. The number of carbonyl (C=O) groups is 2. The summed E-state index contributed by atoms with van der Waals surface area (Å²) in [7, 11) is -3.42. The first-order valence-corrected chi connectivity index (χ1v) is 9.57. The monoisotopic (exact) mass is 360 g/mol. The van der Waals surface area contributed by atoms with Crippen LogP contribution in [0.15, 0.2) is 41.3 Å². The maximum absolute atomic E-state index is 12.3. The molecule has 2 aromatic carbocycles. The molecule has 2 aromatic rings. The van der Waals surface area contributed by atoms with Gasteiger partial charge in [-0.2, -0.15) is 0 Å². The number of carbonyl (C=O) groups excluding carboxylic acids is 2. The molecule has 0 N–H and O–H groups in total. The van der Waals surface area contributed by atoms with Gasteiger partial charge in [0.2, 0.25) is 5.78 Å². The van der Waals surface area contributed by atoms with Crippen molar-refractivity contribution in [3.63, 3.8) is 0 Å². The highest BCUT2D eigenvalue weighted by molar-refractivity contribution is 7.90. The topological polar surface area (TPSA) is 77.5 Å². The Balaban J connectivity index is 2.13. The van der Waals surface area contributed by atoms with Gasteiger partial charge >= 0.3 is 5.97 Å². The van der Waals surface area contributed by atoms with E-state index in [1.54, 1.807) is 6.07 Å². The van der Waals surface area contributed by atoms with Gasteiger partial charge in [0.15, 0.2) is 16.4 Å². The first kappa shape index (κ1) is 18.9. The molecule has 0 unspecified atom stereocenters. The van der Waals surface area contributed by atoms with E-state index in [4.69, 9.17) is 4.74 Å². The maximum atomic E-state index is 12.3. The number of benzene rings is 2. The van der Waals surface area contributed by atoms with E-state index >= 15 is 0 Å². The Labute approximate surface area is 147 Å². The molecule has 0 spiro atoms. The van der Waals surface area contributed by atoms with E-state index in [2.05, 4.69) is 0 Å². The molecule has 0 heterocycles. The van der Waals surface area contributed by atoms with Crippen LogP contribution in [0.2, 0.25) is 0 Å². The molecule has 0 aliphatic carbocycles. The zero-order valence-corrected chi connectivity index (χ0v) is 15.4. The highest BCUT2D eigenvalue weighted by atomic mass is 32.2. The highest BCUT2D eigenvalue weighted by Gasteiger charge is 2.16. The van der Waals surface area contributed by atoms with Crippen molar-refractivity contribution in [2.45, 2.75) is 25.7 Å². The van der Waals surface area contributed by atoms with Crippen molar-refractivity contribution >= 4 is 21.6 Å². The number of ketones is 1. The van der Waals surface area contributed by atoms with Crippen molar-refractivity contribution in [3.05, 3.63) is 64.2 Å². The second kappa shape index (κ2) is 7.19. The van der Waals surface area contributed by atoms with Gasteiger partial charge in [-0.1, -0.05) is 12.1 Å². The lowest BCUT2D eigenvalue weighted by molar-refractivity contribution is 0.0474. The van der Waals surface area contributed by atoms with E-state index in [9.17, 15) is 18.0 Å². The number of sulfone groups is 1. The second-order valence-corrected chi connectivity index (χ2v) is 8.07. The Bertz CT molecular complexity index is 942. The van der Waals surface area contributed by atoms with E-state index in [1.807, 2.05) is 26.8 Å². The summed E-state index contributed by atoms with van der Waals surface area (Å²) in [5, 5.41) is 0. The molecule has 5 nitrogen and oxygen atoms in total. The Morgan fingerprint density at radius 1 is 0.960 bits per heavy atom. The predicted molar refractivity (Wildman–Crippen MR) is 94.8 cm³/mol. The van der Waals surface area contributed by atoms with E-state index < -0.39 is 22.4 Å². The molecule has 0 amide bonds. The van der Waals surface area contributed by atoms with E-state index in [0.717, 1.165) is 22.9 Å². The number of hydrogen-bond acceptors (Lipinski definition) is 5. The third-order valence-electron chi connectivity index (χ3n) is 3.97. The molecule has 25 heavy (non-hydrogen) atoms. The first-order valence-electron chi connectivity index (χ1n) is 7.68. The molecular weight excluding hydrogens is 340 g/mol. The minimum absolute atomic E-state index is 0.0262. The largest absolute Gasteiger partial charge is 0.454 e. The normalized spacial score (nSPS) is 11.2. The van der Waals surface area contributed by atoms with Gasteiger partial charge in [-0.3, -0.25) is 4.79 Å². The molecule has 0 aliphatic heterocycles. The van der Waals surface area contributed by atoms with Crippen LogP contribution in [-0.2, 0) is 14.6 Å². The highest BCUT2D eigenvalue weighted by Crippen LogP contribution is 2.17. The molecule has 0 aliphatic rings. The van der Waals surface area contributed by atoms with Gasteiger partial charge in [-0.05, 0) is 61.7 Å². The van der Waals surface area contributed by atoms with Gasteiger partial charge < -0.3 is 4.74 Å². The van der Waals surface area contributed by atoms with Crippen LogP contribution in [-0.4, -0.2) is 33.0 Å². The zero-order chi connectivity index (χ0) is 18.8. The molecular formula is C19H20O5S. The lowest BCUT2D eigenvalue weighted by Gasteiger charge is -2.10. The van der Waals surface area contributed by atoms with Gasteiger partial charge in [0.25, 0.3) is 0 Å². The molecule has 6 heteroatoms. The number of rotatable bonds is 5. The van der Waals surface area contributed by atoms with Gasteiger partial charge in [0, 0.05) is 11.8 Å². The van der Waals surface area contributed by atoms with E-state index in [-0.39, 0.29) is 16.2 Å².